The zero-order chi connectivity index (χ0) is 11.8. The molecule has 1 aromatic heterocycles. The van der Waals surface area contributed by atoms with Crippen LogP contribution in [0.3, 0.4) is 0 Å². The van der Waals surface area contributed by atoms with Gasteiger partial charge in [-0.2, -0.15) is 0 Å². The number of imidazole rings is 1. The maximum absolute atomic E-state index is 13.0. The number of benzene rings is 2. The van der Waals surface area contributed by atoms with E-state index < -0.39 is 0 Å². The first kappa shape index (κ1) is 9.84. The van der Waals surface area contributed by atoms with Crippen LogP contribution in [-0.2, 0) is 0 Å². The number of hydrogen-bond acceptors (Lipinski definition) is 2. The van der Waals surface area contributed by atoms with Gasteiger partial charge in [0.1, 0.15) is 17.4 Å². The number of aromatic amines is 1. The van der Waals surface area contributed by atoms with Crippen LogP contribution in [0.25, 0.3) is 22.4 Å². The van der Waals surface area contributed by atoms with Gasteiger partial charge in [0.15, 0.2) is 0 Å². The second kappa shape index (κ2) is 3.59. The molecule has 0 bridgehead atoms. The molecule has 3 nitrogen and oxygen atoms in total. The van der Waals surface area contributed by atoms with E-state index in [2.05, 4.69) is 9.97 Å². The number of fused-ring (bicyclic) bond motifs is 1. The van der Waals surface area contributed by atoms with Crippen LogP contribution in [0.15, 0.2) is 42.5 Å². The first-order chi connectivity index (χ1) is 8.22. The Labute approximate surface area is 96.6 Å². The average Bonchev–Trinajstić information content (AvgIpc) is 2.72. The molecular weight excluding hydrogens is 219 g/mol. The molecule has 0 atom stereocenters. The molecule has 0 aliphatic carbocycles. The quantitative estimate of drug-likeness (QED) is 0.672. The molecule has 3 aromatic rings. The molecule has 0 saturated carbocycles. The number of aromatic nitrogens is 2. The normalized spacial score (nSPS) is 10.9. The molecule has 0 fully saturated rings. The van der Waals surface area contributed by atoms with E-state index in [0.717, 1.165) is 5.56 Å². The van der Waals surface area contributed by atoms with Crippen molar-refractivity contribution in [1.29, 1.82) is 0 Å². The van der Waals surface area contributed by atoms with Gasteiger partial charge in [0, 0.05) is 5.56 Å². The molecule has 2 aromatic carbocycles. The molecule has 1 heterocycles. The summed E-state index contributed by atoms with van der Waals surface area (Å²) >= 11 is 0. The van der Waals surface area contributed by atoms with E-state index in [1.54, 1.807) is 24.3 Å². The minimum atomic E-state index is -0.302. The van der Waals surface area contributed by atoms with E-state index in [0.29, 0.717) is 16.9 Å². The molecule has 4 heteroatoms. The molecule has 0 aliphatic heterocycles. The Morgan fingerprint density at radius 1 is 1.12 bits per heavy atom. The van der Waals surface area contributed by atoms with Crippen molar-refractivity contribution >= 4 is 11.0 Å². The highest BCUT2D eigenvalue weighted by molar-refractivity contribution is 5.79. The summed E-state index contributed by atoms with van der Waals surface area (Å²) in [5.41, 5.74) is 2.11. The van der Waals surface area contributed by atoms with E-state index >= 15 is 0 Å². The Hall–Kier alpha value is -2.36. The minimum Gasteiger partial charge on any atom is -0.508 e. The summed E-state index contributed by atoms with van der Waals surface area (Å²) < 4.78 is 13.0. The SMILES string of the molecule is Oc1cccc(-c2nc3ccc(F)cc3[nH]2)c1. The third-order valence-corrected chi connectivity index (χ3v) is 2.56. The molecule has 0 amide bonds. The predicted octanol–water partition coefficient (Wildman–Crippen LogP) is 3.07. The topological polar surface area (TPSA) is 48.9 Å². The van der Waals surface area contributed by atoms with Crippen LogP contribution in [0, 0.1) is 5.82 Å². The van der Waals surface area contributed by atoms with Crippen molar-refractivity contribution in [2.24, 2.45) is 0 Å². The Kier molecular flexibility index (Phi) is 2.08. The molecule has 0 aliphatic rings. The average molecular weight is 228 g/mol. The van der Waals surface area contributed by atoms with Gasteiger partial charge >= 0.3 is 0 Å². The second-order valence-corrected chi connectivity index (χ2v) is 3.80. The van der Waals surface area contributed by atoms with Crippen LogP contribution in [-0.4, -0.2) is 15.1 Å². The van der Waals surface area contributed by atoms with Gasteiger partial charge in [-0.15, -0.1) is 0 Å². The number of H-pyrrole nitrogens is 1. The summed E-state index contributed by atoms with van der Waals surface area (Å²) in [6, 6.07) is 11.1. The lowest BCUT2D eigenvalue weighted by atomic mass is 10.2. The van der Waals surface area contributed by atoms with Crippen molar-refractivity contribution in [1.82, 2.24) is 9.97 Å². The number of aromatic hydroxyl groups is 1. The number of nitrogens with zero attached hydrogens (tertiary/aromatic N) is 1. The number of rotatable bonds is 1. The van der Waals surface area contributed by atoms with Gasteiger partial charge in [-0.3, -0.25) is 0 Å². The fourth-order valence-electron chi connectivity index (χ4n) is 1.77. The summed E-state index contributed by atoms with van der Waals surface area (Å²) in [6.45, 7) is 0. The van der Waals surface area contributed by atoms with Gasteiger partial charge in [-0.25, -0.2) is 9.37 Å². The molecule has 0 unspecified atom stereocenters. The lowest BCUT2D eigenvalue weighted by Gasteiger charge is -1.96. The Morgan fingerprint density at radius 2 is 2.00 bits per heavy atom. The summed E-state index contributed by atoms with van der Waals surface area (Å²) in [5, 5.41) is 9.39. The van der Waals surface area contributed by atoms with Crippen molar-refractivity contribution in [2.45, 2.75) is 0 Å². The molecule has 0 spiro atoms. The Morgan fingerprint density at radius 3 is 2.82 bits per heavy atom. The highest BCUT2D eigenvalue weighted by Crippen LogP contribution is 2.23. The summed E-state index contributed by atoms with van der Waals surface area (Å²) in [4.78, 5) is 7.35. The maximum Gasteiger partial charge on any atom is 0.138 e. The van der Waals surface area contributed by atoms with Crippen LogP contribution >= 0.6 is 0 Å². The third-order valence-electron chi connectivity index (χ3n) is 2.56. The smallest absolute Gasteiger partial charge is 0.138 e. The number of phenols is 1. The zero-order valence-electron chi connectivity index (χ0n) is 8.81. The first-order valence-electron chi connectivity index (χ1n) is 5.17. The highest BCUT2D eigenvalue weighted by Gasteiger charge is 2.06. The zero-order valence-corrected chi connectivity index (χ0v) is 8.81. The van der Waals surface area contributed by atoms with E-state index in [9.17, 15) is 9.50 Å². The number of hydrogen-bond donors (Lipinski definition) is 2. The van der Waals surface area contributed by atoms with Crippen molar-refractivity contribution in [3.05, 3.63) is 48.3 Å². The lowest BCUT2D eigenvalue weighted by Crippen LogP contribution is -1.79. The number of phenolic OH excluding ortho intramolecular Hbond substituents is 1. The third kappa shape index (κ3) is 1.73. The van der Waals surface area contributed by atoms with Crippen LogP contribution in [0.4, 0.5) is 4.39 Å². The van der Waals surface area contributed by atoms with Gasteiger partial charge in [-0.1, -0.05) is 12.1 Å². The van der Waals surface area contributed by atoms with Gasteiger partial charge in [0.25, 0.3) is 0 Å². The fraction of sp³-hybridized carbons (Fsp3) is 0. The van der Waals surface area contributed by atoms with Crippen LogP contribution in [0.5, 0.6) is 5.75 Å². The molecule has 2 N–H and O–H groups in total. The molecule has 0 radical (unpaired) electrons. The van der Waals surface area contributed by atoms with Crippen molar-refractivity contribution < 1.29 is 9.50 Å². The van der Waals surface area contributed by atoms with E-state index in [1.807, 2.05) is 6.07 Å². The molecule has 3 rings (SSSR count). The van der Waals surface area contributed by atoms with E-state index in [1.165, 1.54) is 12.1 Å². The van der Waals surface area contributed by atoms with Gasteiger partial charge in [0.05, 0.1) is 11.0 Å². The van der Waals surface area contributed by atoms with Crippen molar-refractivity contribution in [2.75, 3.05) is 0 Å². The highest BCUT2D eigenvalue weighted by atomic mass is 19.1. The summed E-state index contributed by atoms with van der Waals surface area (Å²) in [7, 11) is 0. The molecule has 0 saturated heterocycles. The maximum atomic E-state index is 13.0. The minimum absolute atomic E-state index is 0.175. The van der Waals surface area contributed by atoms with E-state index in [4.69, 9.17) is 0 Å². The van der Waals surface area contributed by atoms with Crippen LogP contribution < -0.4 is 0 Å². The van der Waals surface area contributed by atoms with Gasteiger partial charge < -0.3 is 10.1 Å². The Bertz CT molecular complexity index is 691. The summed E-state index contributed by atoms with van der Waals surface area (Å²) in [5.74, 6) is 0.485. The monoisotopic (exact) mass is 228 g/mol. The van der Waals surface area contributed by atoms with E-state index in [-0.39, 0.29) is 11.6 Å². The van der Waals surface area contributed by atoms with Gasteiger partial charge in [0.2, 0.25) is 0 Å². The standard InChI is InChI=1S/C13H9FN2O/c14-9-4-5-11-12(7-9)16-13(15-11)8-2-1-3-10(17)6-8/h1-7,17H,(H,15,16). The largest absolute Gasteiger partial charge is 0.508 e. The molecule has 17 heavy (non-hydrogen) atoms. The number of nitrogens with one attached hydrogen (secondary N) is 1. The van der Waals surface area contributed by atoms with Crippen LogP contribution in [0.2, 0.25) is 0 Å². The predicted molar refractivity (Wildman–Crippen MR) is 63.2 cm³/mol. The summed E-state index contributed by atoms with van der Waals surface area (Å²) in [6.07, 6.45) is 0. The molecular formula is C13H9FN2O. The van der Waals surface area contributed by atoms with Crippen molar-refractivity contribution in [3.8, 4) is 17.1 Å². The second-order valence-electron chi connectivity index (χ2n) is 3.80. The van der Waals surface area contributed by atoms with Gasteiger partial charge in [-0.05, 0) is 30.3 Å². The fourth-order valence-corrected chi connectivity index (χ4v) is 1.77. The lowest BCUT2D eigenvalue weighted by molar-refractivity contribution is 0.475. The Balaban J connectivity index is 2.18. The first-order valence-corrected chi connectivity index (χ1v) is 5.17. The molecule has 84 valence electrons. The number of halogens is 1. The van der Waals surface area contributed by atoms with Crippen molar-refractivity contribution in [3.63, 3.8) is 0 Å². The van der Waals surface area contributed by atoms with Crippen LogP contribution in [0.1, 0.15) is 0 Å².